The lowest BCUT2D eigenvalue weighted by Gasteiger charge is -2.22. The van der Waals surface area contributed by atoms with Crippen LogP contribution in [-0.2, 0) is 13.0 Å². The molecule has 0 aromatic heterocycles. The van der Waals surface area contributed by atoms with Crippen LogP contribution in [0.5, 0.6) is 0 Å². The summed E-state index contributed by atoms with van der Waals surface area (Å²) in [5.41, 5.74) is 3.59. The first-order valence-electron chi connectivity index (χ1n) is 7.08. The number of nitrogens with zero attached hydrogens (tertiary/aromatic N) is 2. The molecule has 0 radical (unpaired) electrons. The Morgan fingerprint density at radius 3 is 2.64 bits per heavy atom. The fourth-order valence-corrected chi connectivity index (χ4v) is 2.64. The zero-order valence-corrected chi connectivity index (χ0v) is 14.8. The number of hydrogen-bond donors (Lipinski definition) is 1. The molecule has 0 saturated carbocycles. The first-order valence-corrected chi connectivity index (χ1v) is 7.08. The average Bonchev–Trinajstić information content (AvgIpc) is 2.94. The quantitative estimate of drug-likeness (QED) is 0.465. The second-order valence-corrected chi connectivity index (χ2v) is 5.06. The molecule has 2 aromatic rings. The Morgan fingerprint density at radius 1 is 1.18 bits per heavy atom. The van der Waals surface area contributed by atoms with E-state index < -0.39 is 0 Å². The molecule has 1 N–H and O–H groups in total. The minimum Gasteiger partial charge on any atom is -0.352 e. The normalized spacial score (nSPS) is 13.5. The predicted molar refractivity (Wildman–Crippen MR) is 99.5 cm³/mol. The molecule has 0 unspecified atom stereocenters. The summed E-state index contributed by atoms with van der Waals surface area (Å²) in [5, 5.41) is 3.34. The summed E-state index contributed by atoms with van der Waals surface area (Å²) < 4.78 is 12.9. The lowest BCUT2D eigenvalue weighted by atomic mass is 10.2. The lowest BCUT2D eigenvalue weighted by molar-refractivity contribution is 0.626. The Balaban J connectivity index is 0.00000176. The van der Waals surface area contributed by atoms with Crippen molar-refractivity contribution < 1.29 is 4.39 Å². The van der Waals surface area contributed by atoms with E-state index in [1.165, 1.54) is 23.4 Å². The second-order valence-electron chi connectivity index (χ2n) is 5.06. The Bertz CT molecular complexity index is 655. The topological polar surface area (TPSA) is 27.6 Å². The highest BCUT2D eigenvalue weighted by molar-refractivity contribution is 14.0. The maximum Gasteiger partial charge on any atom is 0.198 e. The molecule has 5 heteroatoms. The SMILES string of the molecule is CN=C(NCc1ccc(F)cc1)N1CCc2ccccc21.I. The van der Waals surface area contributed by atoms with Crippen LogP contribution in [-0.4, -0.2) is 19.6 Å². The molecule has 1 aliphatic heterocycles. The van der Waals surface area contributed by atoms with Crippen LogP contribution in [0.2, 0.25) is 0 Å². The van der Waals surface area contributed by atoms with Crippen molar-refractivity contribution in [3.05, 3.63) is 65.5 Å². The van der Waals surface area contributed by atoms with Crippen molar-refractivity contribution in [1.82, 2.24) is 5.32 Å². The smallest absolute Gasteiger partial charge is 0.198 e. The number of nitrogens with one attached hydrogen (secondary N) is 1. The van der Waals surface area contributed by atoms with Crippen LogP contribution in [0.15, 0.2) is 53.5 Å². The standard InChI is InChI=1S/C17H18FN3.HI/c1-19-17(20-12-13-6-8-15(18)9-7-13)21-11-10-14-4-2-3-5-16(14)21;/h2-9H,10-12H2,1H3,(H,19,20);1H. The maximum atomic E-state index is 12.9. The number of rotatable bonds is 2. The minimum absolute atomic E-state index is 0. The van der Waals surface area contributed by atoms with Gasteiger partial charge in [-0.15, -0.1) is 24.0 Å². The molecule has 22 heavy (non-hydrogen) atoms. The van der Waals surface area contributed by atoms with Crippen LogP contribution in [0.3, 0.4) is 0 Å². The van der Waals surface area contributed by atoms with Gasteiger partial charge in [-0.1, -0.05) is 30.3 Å². The number of anilines is 1. The van der Waals surface area contributed by atoms with Crippen LogP contribution in [0, 0.1) is 5.82 Å². The van der Waals surface area contributed by atoms with E-state index in [0.717, 1.165) is 24.5 Å². The molecule has 0 saturated heterocycles. The molecular formula is C17H19FIN3. The number of benzene rings is 2. The van der Waals surface area contributed by atoms with Crippen molar-refractivity contribution in [2.75, 3.05) is 18.5 Å². The molecule has 2 aromatic carbocycles. The molecule has 0 atom stereocenters. The monoisotopic (exact) mass is 411 g/mol. The van der Waals surface area contributed by atoms with Crippen LogP contribution in [0.1, 0.15) is 11.1 Å². The second kappa shape index (κ2) is 7.58. The van der Waals surface area contributed by atoms with Gasteiger partial charge in [0.05, 0.1) is 0 Å². The van der Waals surface area contributed by atoms with Gasteiger partial charge >= 0.3 is 0 Å². The van der Waals surface area contributed by atoms with Crippen LogP contribution < -0.4 is 10.2 Å². The van der Waals surface area contributed by atoms with Crippen molar-refractivity contribution in [3.63, 3.8) is 0 Å². The van der Waals surface area contributed by atoms with Crippen LogP contribution >= 0.6 is 24.0 Å². The van der Waals surface area contributed by atoms with Crippen molar-refractivity contribution >= 4 is 35.6 Å². The Hall–Kier alpha value is -1.63. The van der Waals surface area contributed by atoms with Crippen molar-refractivity contribution in [2.24, 2.45) is 4.99 Å². The first kappa shape index (κ1) is 16.7. The minimum atomic E-state index is -0.211. The number of fused-ring (bicyclic) bond motifs is 1. The van der Waals surface area contributed by atoms with Crippen molar-refractivity contribution in [3.8, 4) is 0 Å². The molecular weight excluding hydrogens is 392 g/mol. The van der Waals surface area contributed by atoms with E-state index in [-0.39, 0.29) is 29.8 Å². The van der Waals surface area contributed by atoms with Gasteiger partial charge in [0.15, 0.2) is 5.96 Å². The highest BCUT2D eigenvalue weighted by Gasteiger charge is 2.22. The zero-order valence-electron chi connectivity index (χ0n) is 12.4. The predicted octanol–water partition coefficient (Wildman–Crippen LogP) is 3.58. The molecule has 0 spiro atoms. The van der Waals surface area contributed by atoms with Gasteiger partial charge in [-0.05, 0) is 35.7 Å². The number of hydrogen-bond acceptors (Lipinski definition) is 1. The van der Waals surface area contributed by atoms with Gasteiger partial charge in [-0.2, -0.15) is 0 Å². The summed E-state index contributed by atoms with van der Waals surface area (Å²) in [6, 6.07) is 14.9. The molecule has 1 aliphatic rings. The third-order valence-corrected chi connectivity index (χ3v) is 3.72. The highest BCUT2D eigenvalue weighted by Crippen LogP contribution is 2.27. The fourth-order valence-electron chi connectivity index (χ4n) is 2.64. The Kier molecular flexibility index (Phi) is 5.76. The number of para-hydroxylation sites is 1. The third kappa shape index (κ3) is 3.58. The molecule has 0 aliphatic carbocycles. The summed E-state index contributed by atoms with van der Waals surface area (Å²) in [7, 11) is 1.79. The van der Waals surface area contributed by atoms with Gasteiger partial charge in [0.2, 0.25) is 0 Å². The molecule has 3 rings (SSSR count). The van der Waals surface area contributed by atoms with Crippen molar-refractivity contribution in [2.45, 2.75) is 13.0 Å². The summed E-state index contributed by atoms with van der Waals surface area (Å²) in [5.74, 6) is 0.640. The zero-order chi connectivity index (χ0) is 14.7. The molecule has 0 fully saturated rings. The van der Waals surface area contributed by atoms with E-state index in [1.54, 1.807) is 19.2 Å². The Morgan fingerprint density at radius 2 is 1.91 bits per heavy atom. The lowest BCUT2D eigenvalue weighted by Crippen LogP contribution is -2.40. The first-order chi connectivity index (χ1) is 10.3. The van der Waals surface area contributed by atoms with E-state index >= 15 is 0 Å². The molecule has 0 amide bonds. The van der Waals surface area contributed by atoms with Gasteiger partial charge < -0.3 is 10.2 Å². The van der Waals surface area contributed by atoms with E-state index in [2.05, 4.69) is 33.4 Å². The van der Waals surface area contributed by atoms with E-state index in [4.69, 9.17) is 0 Å². The number of halogens is 2. The summed E-state index contributed by atoms with van der Waals surface area (Å²) in [6.45, 7) is 1.56. The maximum absolute atomic E-state index is 12.9. The number of aliphatic imine (C=N–C) groups is 1. The number of guanidine groups is 1. The Labute approximate surface area is 147 Å². The van der Waals surface area contributed by atoms with Gasteiger partial charge in [0.1, 0.15) is 5.82 Å². The summed E-state index contributed by atoms with van der Waals surface area (Å²) in [6.07, 6.45) is 1.04. The van der Waals surface area contributed by atoms with E-state index in [1.807, 2.05) is 6.07 Å². The summed E-state index contributed by atoms with van der Waals surface area (Å²) >= 11 is 0. The van der Waals surface area contributed by atoms with E-state index in [0.29, 0.717) is 6.54 Å². The van der Waals surface area contributed by atoms with E-state index in [9.17, 15) is 4.39 Å². The highest BCUT2D eigenvalue weighted by atomic mass is 127. The van der Waals surface area contributed by atoms with Gasteiger partial charge in [0, 0.05) is 25.8 Å². The molecule has 116 valence electrons. The fraction of sp³-hybridized carbons (Fsp3) is 0.235. The van der Waals surface area contributed by atoms with Crippen molar-refractivity contribution in [1.29, 1.82) is 0 Å². The molecule has 1 heterocycles. The van der Waals surface area contributed by atoms with Gasteiger partial charge in [-0.3, -0.25) is 4.99 Å². The largest absolute Gasteiger partial charge is 0.352 e. The molecule has 0 bridgehead atoms. The average molecular weight is 411 g/mol. The van der Waals surface area contributed by atoms with Crippen LogP contribution in [0.25, 0.3) is 0 Å². The van der Waals surface area contributed by atoms with Gasteiger partial charge in [-0.25, -0.2) is 4.39 Å². The third-order valence-electron chi connectivity index (χ3n) is 3.72. The summed E-state index contributed by atoms with van der Waals surface area (Å²) in [4.78, 5) is 6.55. The van der Waals surface area contributed by atoms with Gasteiger partial charge in [0.25, 0.3) is 0 Å². The molecule has 3 nitrogen and oxygen atoms in total. The van der Waals surface area contributed by atoms with Crippen LogP contribution in [0.4, 0.5) is 10.1 Å².